The molecule has 0 spiro atoms. The minimum atomic E-state index is -0.201. The highest BCUT2D eigenvalue weighted by atomic mass is 16.3. The number of aromatic nitrogens is 3. The van der Waals surface area contributed by atoms with Gasteiger partial charge in [0.15, 0.2) is 0 Å². The second kappa shape index (κ2) is 8.06. The van der Waals surface area contributed by atoms with Gasteiger partial charge in [0.1, 0.15) is 5.76 Å². The van der Waals surface area contributed by atoms with E-state index >= 15 is 0 Å². The van der Waals surface area contributed by atoms with E-state index in [0.29, 0.717) is 23.4 Å². The molecule has 1 amide bonds. The maximum Gasteiger partial charge on any atom is 0.251 e. The molecule has 0 unspecified atom stereocenters. The maximum atomic E-state index is 12.5. The fourth-order valence-electron chi connectivity index (χ4n) is 2.65. The standard InChI is InChI=1S/C22H16N4O2/c27-22(24-16-20-5-2-13-28-20)19-8-9-21(26-12-3-11-25-26)18(14-19)7-6-17-4-1-10-23-15-17/h1-5,8-15H,16H2,(H,24,27). The molecule has 4 rings (SSSR count). The molecule has 0 saturated heterocycles. The molecule has 0 saturated carbocycles. The third kappa shape index (κ3) is 4.00. The Labute approximate surface area is 161 Å². The van der Waals surface area contributed by atoms with Gasteiger partial charge in [-0.15, -0.1) is 0 Å². The molecule has 1 aromatic carbocycles. The molecule has 6 nitrogen and oxygen atoms in total. The van der Waals surface area contributed by atoms with Gasteiger partial charge in [-0.3, -0.25) is 9.78 Å². The summed E-state index contributed by atoms with van der Waals surface area (Å²) in [5.74, 6) is 6.71. The van der Waals surface area contributed by atoms with Crippen LogP contribution in [0.4, 0.5) is 0 Å². The number of hydrogen-bond acceptors (Lipinski definition) is 4. The molecule has 0 fully saturated rings. The number of nitrogens with zero attached hydrogens (tertiary/aromatic N) is 3. The highest BCUT2D eigenvalue weighted by molar-refractivity contribution is 5.94. The highest BCUT2D eigenvalue weighted by Gasteiger charge is 2.11. The lowest BCUT2D eigenvalue weighted by atomic mass is 10.1. The molecule has 0 atom stereocenters. The number of pyridine rings is 1. The molecule has 0 aliphatic carbocycles. The number of furan rings is 1. The summed E-state index contributed by atoms with van der Waals surface area (Å²) in [6.45, 7) is 0.323. The molecule has 0 radical (unpaired) electrons. The lowest BCUT2D eigenvalue weighted by Gasteiger charge is -2.08. The third-order valence-electron chi connectivity index (χ3n) is 4.02. The Balaban J connectivity index is 1.64. The largest absolute Gasteiger partial charge is 0.467 e. The number of carbonyl (C=O) groups excluding carboxylic acids is 1. The van der Waals surface area contributed by atoms with Crippen LogP contribution in [0, 0.1) is 11.8 Å². The summed E-state index contributed by atoms with van der Waals surface area (Å²) in [7, 11) is 0. The Morgan fingerprint density at radius 2 is 2.07 bits per heavy atom. The van der Waals surface area contributed by atoms with Gasteiger partial charge in [0.2, 0.25) is 0 Å². The topological polar surface area (TPSA) is 73.0 Å². The first-order valence-corrected chi connectivity index (χ1v) is 8.66. The van der Waals surface area contributed by atoms with Gasteiger partial charge in [-0.1, -0.05) is 11.8 Å². The van der Waals surface area contributed by atoms with Crippen molar-refractivity contribution in [3.8, 4) is 17.5 Å². The summed E-state index contributed by atoms with van der Waals surface area (Å²) < 4.78 is 6.96. The minimum Gasteiger partial charge on any atom is -0.467 e. The van der Waals surface area contributed by atoms with Gasteiger partial charge in [-0.2, -0.15) is 5.10 Å². The summed E-state index contributed by atoms with van der Waals surface area (Å²) in [6, 6.07) is 14.5. The van der Waals surface area contributed by atoms with Crippen LogP contribution in [-0.4, -0.2) is 20.7 Å². The first kappa shape index (κ1) is 17.3. The Morgan fingerprint density at radius 3 is 2.82 bits per heavy atom. The van der Waals surface area contributed by atoms with Gasteiger partial charge >= 0.3 is 0 Å². The van der Waals surface area contributed by atoms with Crippen molar-refractivity contribution < 1.29 is 9.21 Å². The van der Waals surface area contributed by atoms with Gasteiger partial charge < -0.3 is 9.73 Å². The Morgan fingerprint density at radius 1 is 1.11 bits per heavy atom. The molecule has 1 N–H and O–H groups in total. The van der Waals surface area contributed by atoms with Crippen LogP contribution in [0.15, 0.2) is 84.0 Å². The first-order valence-electron chi connectivity index (χ1n) is 8.66. The van der Waals surface area contributed by atoms with E-state index in [1.54, 1.807) is 47.7 Å². The number of rotatable bonds is 4. The summed E-state index contributed by atoms with van der Waals surface area (Å²) >= 11 is 0. The van der Waals surface area contributed by atoms with Crippen molar-refractivity contribution in [2.75, 3.05) is 0 Å². The van der Waals surface area contributed by atoms with Crippen molar-refractivity contribution in [1.29, 1.82) is 0 Å². The van der Waals surface area contributed by atoms with E-state index < -0.39 is 0 Å². The quantitative estimate of drug-likeness (QED) is 0.562. The summed E-state index contributed by atoms with van der Waals surface area (Å²) in [6.07, 6.45) is 8.50. The van der Waals surface area contributed by atoms with E-state index in [1.807, 2.05) is 36.5 Å². The molecule has 6 heteroatoms. The fraction of sp³-hybridized carbons (Fsp3) is 0.0455. The van der Waals surface area contributed by atoms with Crippen molar-refractivity contribution in [2.24, 2.45) is 0 Å². The molecule has 4 aromatic rings. The average Bonchev–Trinajstić information content (AvgIpc) is 3.45. The Bertz CT molecular complexity index is 1120. The number of nitrogens with one attached hydrogen (secondary N) is 1. The van der Waals surface area contributed by atoms with E-state index in [1.165, 1.54) is 0 Å². The Kier molecular flexibility index (Phi) is 4.98. The van der Waals surface area contributed by atoms with Gasteiger partial charge in [0.25, 0.3) is 5.91 Å². The highest BCUT2D eigenvalue weighted by Crippen LogP contribution is 2.16. The predicted molar refractivity (Wildman–Crippen MR) is 104 cm³/mol. The molecule has 28 heavy (non-hydrogen) atoms. The van der Waals surface area contributed by atoms with E-state index in [-0.39, 0.29) is 5.91 Å². The molecular weight excluding hydrogens is 352 g/mol. The zero-order valence-electron chi connectivity index (χ0n) is 14.9. The van der Waals surface area contributed by atoms with E-state index in [0.717, 1.165) is 11.3 Å². The maximum absolute atomic E-state index is 12.5. The van der Waals surface area contributed by atoms with Crippen molar-refractivity contribution >= 4 is 5.91 Å². The molecule has 3 aromatic heterocycles. The van der Waals surface area contributed by atoms with Crippen molar-refractivity contribution in [3.63, 3.8) is 0 Å². The van der Waals surface area contributed by atoms with Crippen molar-refractivity contribution in [1.82, 2.24) is 20.1 Å². The SMILES string of the molecule is O=C(NCc1ccco1)c1ccc(-n2cccn2)c(C#Cc2cccnc2)c1. The van der Waals surface area contributed by atoms with Crippen LogP contribution in [0.2, 0.25) is 0 Å². The lowest BCUT2D eigenvalue weighted by Crippen LogP contribution is -2.22. The second-order valence-corrected chi connectivity index (χ2v) is 5.94. The monoisotopic (exact) mass is 368 g/mol. The van der Waals surface area contributed by atoms with Crippen LogP contribution >= 0.6 is 0 Å². The first-order chi connectivity index (χ1) is 13.8. The second-order valence-electron chi connectivity index (χ2n) is 5.94. The number of benzene rings is 1. The van der Waals surface area contributed by atoms with Crippen LogP contribution in [0.25, 0.3) is 5.69 Å². The number of hydrogen-bond donors (Lipinski definition) is 1. The van der Waals surface area contributed by atoms with Crippen LogP contribution in [-0.2, 0) is 6.54 Å². The summed E-state index contributed by atoms with van der Waals surface area (Å²) in [5.41, 5.74) is 2.79. The number of carbonyl (C=O) groups is 1. The fourth-order valence-corrected chi connectivity index (χ4v) is 2.65. The predicted octanol–water partition coefficient (Wildman–Crippen LogP) is 3.19. The Hall–Kier alpha value is -4.11. The van der Waals surface area contributed by atoms with Crippen LogP contribution in [0.1, 0.15) is 27.2 Å². The normalized spacial score (nSPS) is 10.1. The molecule has 3 heterocycles. The van der Waals surface area contributed by atoms with Gasteiger partial charge in [0.05, 0.1) is 24.1 Å². The van der Waals surface area contributed by atoms with Crippen molar-refractivity contribution in [3.05, 3.63) is 102 Å². The molecule has 0 aliphatic rings. The van der Waals surface area contributed by atoms with E-state index in [4.69, 9.17) is 4.42 Å². The summed E-state index contributed by atoms with van der Waals surface area (Å²) in [5, 5.41) is 7.11. The van der Waals surface area contributed by atoms with Gasteiger partial charge in [-0.05, 0) is 48.5 Å². The molecule has 0 bridgehead atoms. The summed E-state index contributed by atoms with van der Waals surface area (Å²) in [4.78, 5) is 16.6. The zero-order valence-corrected chi connectivity index (χ0v) is 14.9. The van der Waals surface area contributed by atoms with Crippen LogP contribution in [0.3, 0.4) is 0 Å². The molecule has 0 aliphatic heterocycles. The van der Waals surface area contributed by atoms with Crippen molar-refractivity contribution in [2.45, 2.75) is 6.54 Å². The van der Waals surface area contributed by atoms with Gasteiger partial charge in [0, 0.05) is 35.9 Å². The lowest BCUT2D eigenvalue weighted by molar-refractivity contribution is 0.0948. The van der Waals surface area contributed by atoms with E-state index in [9.17, 15) is 4.79 Å². The molecular formula is C22H16N4O2. The smallest absolute Gasteiger partial charge is 0.251 e. The molecule has 136 valence electrons. The average molecular weight is 368 g/mol. The third-order valence-corrected chi connectivity index (χ3v) is 4.02. The number of amides is 1. The van der Waals surface area contributed by atoms with Gasteiger partial charge in [-0.25, -0.2) is 4.68 Å². The van der Waals surface area contributed by atoms with Crippen LogP contribution in [0.5, 0.6) is 0 Å². The minimum absolute atomic E-state index is 0.201. The zero-order chi connectivity index (χ0) is 19.2. The van der Waals surface area contributed by atoms with Crippen LogP contribution < -0.4 is 5.32 Å². The van der Waals surface area contributed by atoms with E-state index in [2.05, 4.69) is 27.2 Å².